The highest BCUT2D eigenvalue weighted by molar-refractivity contribution is 7.97. The first-order valence-electron chi connectivity index (χ1n) is 9.83. The summed E-state index contributed by atoms with van der Waals surface area (Å²) in [5.41, 5.74) is -0.995. The molecule has 4 aromatic rings. The van der Waals surface area contributed by atoms with Crippen molar-refractivity contribution in [1.29, 1.82) is 0 Å². The molecule has 0 aliphatic heterocycles. The first-order chi connectivity index (χ1) is 16.1. The van der Waals surface area contributed by atoms with Gasteiger partial charge < -0.3 is 9.66 Å². The normalized spacial score (nSPS) is 11.6. The van der Waals surface area contributed by atoms with Crippen molar-refractivity contribution in [2.24, 2.45) is 0 Å². The van der Waals surface area contributed by atoms with Crippen molar-refractivity contribution in [2.45, 2.75) is 25.8 Å². The number of halogens is 3. The van der Waals surface area contributed by atoms with Gasteiger partial charge in [0.05, 0.1) is 10.5 Å². The van der Waals surface area contributed by atoms with E-state index in [0.717, 1.165) is 4.90 Å². The molecule has 1 N–H and O–H groups in total. The van der Waals surface area contributed by atoms with Crippen LogP contribution < -0.4 is 0 Å². The Morgan fingerprint density at radius 3 is 1.53 bits per heavy atom. The summed E-state index contributed by atoms with van der Waals surface area (Å²) < 4.78 is 67.0. The maximum atomic E-state index is 12.0. The smallest absolute Gasteiger partial charge is 0.416 e. The fraction of sp³-hybridized carbons (Fsp3) is 0.0400. The zero-order valence-corrected chi connectivity index (χ0v) is 19.1. The summed E-state index contributed by atoms with van der Waals surface area (Å²) in [4.78, 5) is 2.70. The highest BCUT2D eigenvalue weighted by atomic mass is 32.2. The van der Waals surface area contributed by atoms with Gasteiger partial charge in [-0.3, -0.25) is 0 Å². The molecule has 0 aromatic heterocycles. The summed E-state index contributed by atoms with van der Waals surface area (Å²) in [7, 11) is -4.96. The van der Waals surface area contributed by atoms with E-state index in [0.29, 0.717) is 30.0 Å². The van der Waals surface area contributed by atoms with E-state index >= 15 is 0 Å². The van der Waals surface area contributed by atoms with Gasteiger partial charge in [0.15, 0.2) is 15.5 Å². The van der Waals surface area contributed by atoms with Crippen LogP contribution in [0, 0.1) is 0 Å². The number of alkyl halides is 3. The molecule has 0 radical (unpaired) electrons. The minimum absolute atomic E-state index is 0.276. The van der Waals surface area contributed by atoms with Gasteiger partial charge in [-0.15, -0.1) is 0 Å². The molecule has 0 atom stereocenters. The van der Waals surface area contributed by atoms with E-state index in [9.17, 15) is 31.2 Å². The van der Waals surface area contributed by atoms with Crippen LogP contribution in [0.3, 0.4) is 0 Å². The van der Waals surface area contributed by atoms with Crippen LogP contribution in [0.2, 0.25) is 0 Å². The zero-order valence-electron chi connectivity index (χ0n) is 17.5. The Morgan fingerprint density at radius 1 is 0.676 bits per heavy atom. The zero-order chi connectivity index (χ0) is 24.8. The molecule has 4 nitrogen and oxygen atoms in total. The third kappa shape index (κ3) is 6.63. The van der Waals surface area contributed by atoms with Gasteiger partial charge in [0.2, 0.25) is 4.90 Å². The number of hydrogen-bond acceptors (Lipinski definition) is 4. The standard InChI is InChI=1S/C18H14OS.C7H5F3O3S/c19-17-13-7-8-14-18(17)20(15-9-3-1-4-10-15)16-11-5-2-6-12-16;8-7(9,10)5-1-3-6(4-2-5)14(11,12)13/h1-14H;1-4H,(H,11,12,13). The van der Waals surface area contributed by atoms with Gasteiger partial charge in [-0.05, 0) is 60.7 Å². The monoisotopic (exact) mass is 504 g/mol. The third-order valence-corrected chi connectivity index (χ3v) is 7.64. The van der Waals surface area contributed by atoms with Crippen molar-refractivity contribution in [1.82, 2.24) is 0 Å². The maximum absolute atomic E-state index is 12.0. The average molecular weight is 505 g/mol. The maximum Gasteiger partial charge on any atom is 0.416 e. The summed E-state index contributed by atoms with van der Waals surface area (Å²) in [5, 5.41) is 10.2. The minimum Gasteiger partial charge on any atom is -0.744 e. The Hall–Kier alpha value is -3.27. The van der Waals surface area contributed by atoms with Gasteiger partial charge in [-0.25, -0.2) is 8.42 Å². The van der Waals surface area contributed by atoms with Gasteiger partial charge in [0.1, 0.15) is 21.0 Å². The van der Waals surface area contributed by atoms with E-state index < -0.39 is 26.8 Å². The van der Waals surface area contributed by atoms with E-state index in [1.807, 2.05) is 54.6 Å². The quantitative estimate of drug-likeness (QED) is 0.269. The minimum atomic E-state index is -4.68. The van der Waals surface area contributed by atoms with Crippen molar-refractivity contribution < 1.29 is 31.2 Å². The molecule has 0 saturated carbocycles. The Morgan fingerprint density at radius 2 is 1.12 bits per heavy atom. The largest absolute Gasteiger partial charge is 0.744 e. The first-order valence-corrected chi connectivity index (χ1v) is 12.5. The number of para-hydroxylation sites is 1. The van der Waals surface area contributed by atoms with Crippen LogP contribution in [0.1, 0.15) is 5.56 Å². The molecule has 4 aromatic carbocycles. The second kappa shape index (κ2) is 10.8. The van der Waals surface area contributed by atoms with Gasteiger partial charge in [-0.2, -0.15) is 13.2 Å². The predicted molar refractivity (Wildman–Crippen MR) is 123 cm³/mol. The molecule has 0 aliphatic carbocycles. The topological polar surface area (TPSA) is 77.4 Å². The number of aromatic hydroxyl groups is 1. The van der Waals surface area contributed by atoms with Crippen LogP contribution in [0.15, 0.2) is 129 Å². The molecule has 0 spiro atoms. The van der Waals surface area contributed by atoms with Crippen LogP contribution in [0.25, 0.3) is 0 Å². The van der Waals surface area contributed by atoms with Crippen molar-refractivity contribution in [3.05, 3.63) is 115 Å². The molecule has 4 rings (SSSR count). The lowest BCUT2D eigenvalue weighted by Crippen LogP contribution is -2.05. The summed E-state index contributed by atoms with van der Waals surface area (Å²) >= 11 is 0. The fourth-order valence-corrected chi connectivity index (χ4v) is 5.54. The number of phenolic OH excluding ortho intramolecular Hbond substituents is 1. The summed E-state index contributed by atoms with van der Waals surface area (Å²) in [5.74, 6) is 0.350. The van der Waals surface area contributed by atoms with Gasteiger partial charge in [0.25, 0.3) is 0 Å². The number of benzene rings is 4. The second-order valence-corrected chi connectivity index (χ2v) is 10.3. The van der Waals surface area contributed by atoms with Crippen LogP contribution in [-0.2, 0) is 27.2 Å². The highest BCUT2D eigenvalue weighted by Gasteiger charge is 2.31. The van der Waals surface area contributed by atoms with Crippen molar-refractivity contribution in [2.75, 3.05) is 0 Å². The Bertz CT molecular complexity index is 1270. The molecule has 0 bridgehead atoms. The SMILES string of the molecule is O=S(=O)([O-])c1ccc(C(F)(F)F)cc1.Oc1ccccc1[S+](c1ccccc1)c1ccccc1. The molecule has 9 heteroatoms. The molecule has 0 fully saturated rings. The lowest BCUT2D eigenvalue weighted by atomic mass is 10.2. The first kappa shape index (κ1) is 25.4. The van der Waals surface area contributed by atoms with Gasteiger partial charge in [-0.1, -0.05) is 48.5 Å². The predicted octanol–water partition coefficient (Wildman–Crippen LogP) is 6.10. The summed E-state index contributed by atoms with van der Waals surface area (Å²) in [6.45, 7) is 0. The lowest BCUT2D eigenvalue weighted by molar-refractivity contribution is -0.137. The van der Waals surface area contributed by atoms with Crippen LogP contribution >= 0.6 is 0 Å². The number of hydrogen-bond donors (Lipinski definition) is 1. The third-order valence-electron chi connectivity index (χ3n) is 4.51. The van der Waals surface area contributed by atoms with E-state index in [2.05, 4.69) is 24.3 Å². The summed E-state index contributed by atoms with van der Waals surface area (Å²) in [6.07, 6.45) is -4.54. The van der Waals surface area contributed by atoms with Gasteiger partial charge >= 0.3 is 6.18 Å². The highest BCUT2D eigenvalue weighted by Crippen LogP contribution is 2.35. The van der Waals surface area contributed by atoms with Crippen molar-refractivity contribution >= 4 is 21.0 Å². The fourth-order valence-electron chi connectivity index (χ4n) is 2.94. The van der Waals surface area contributed by atoms with E-state index in [-0.39, 0.29) is 10.9 Å². The van der Waals surface area contributed by atoms with E-state index in [1.165, 1.54) is 9.79 Å². The Kier molecular flexibility index (Phi) is 8.03. The molecular formula is C25H19F3O4S2. The van der Waals surface area contributed by atoms with Gasteiger partial charge in [0, 0.05) is 0 Å². The number of phenols is 1. The molecule has 0 saturated heterocycles. The molecule has 0 heterocycles. The molecule has 0 aliphatic rings. The van der Waals surface area contributed by atoms with Crippen molar-refractivity contribution in [3.8, 4) is 5.75 Å². The Labute approximate surface area is 198 Å². The molecule has 0 unspecified atom stereocenters. The molecule has 0 amide bonds. The second-order valence-electron chi connectivity index (χ2n) is 6.88. The van der Waals surface area contributed by atoms with E-state index in [1.54, 1.807) is 6.07 Å². The van der Waals surface area contributed by atoms with Crippen LogP contribution in [0.5, 0.6) is 5.75 Å². The summed E-state index contributed by atoms with van der Waals surface area (Å²) in [6, 6.07) is 30.6. The molecular weight excluding hydrogens is 485 g/mol. The molecule has 176 valence electrons. The van der Waals surface area contributed by atoms with Crippen molar-refractivity contribution in [3.63, 3.8) is 0 Å². The Balaban J connectivity index is 0.000000204. The van der Waals surface area contributed by atoms with Crippen LogP contribution in [-0.4, -0.2) is 18.1 Å². The average Bonchev–Trinajstić information content (AvgIpc) is 2.81. The van der Waals surface area contributed by atoms with E-state index in [4.69, 9.17) is 0 Å². The lowest BCUT2D eigenvalue weighted by Gasteiger charge is -2.09. The van der Waals surface area contributed by atoms with Crippen LogP contribution in [0.4, 0.5) is 13.2 Å². The number of rotatable bonds is 4. The molecule has 34 heavy (non-hydrogen) atoms.